The molecule has 2 aromatic rings. The van der Waals surface area contributed by atoms with Crippen LogP contribution in [0.3, 0.4) is 0 Å². The first kappa shape index (κ1) is 16.4. The van der Waals surface area contributed by atoms with E-state index in [0.717, 1.165) is 0 Å². The lowest BCUT2D eigenvalue weighted by Crippen LogP contribution is -2.43. The van der Waals surface area contributed by atoms with Crippen LogP contribution in [0.15, 0.2) is 25.3 Å². The molecule has 3 N–H and O–H groups in total. The molecule has 0 amide bonds. The summed E-state index contributed by atoms with van der Waals surface area (Å²) in [4.78, 5) is 8.80. The number of hydrogen-bond donors (Lipinski definition) is 2. The summed E-state index contributed by atoms with van der Waals surface area (Å²) in [6.07, 6.45) is 3.20. The Bertz CT molecular complexity index is 850. The quantitative estimate of drug-likeness (QED) is 0.584. The molecule has 9 heteroatoms. The molecule has 2 fully saturated rings. The predicted octanol–water partition coefficient (Wildman–Crippen LogP) is -0.196. The van der Waals surface area contributed by atoms with Gasteiger partial charge in [-0.1, -0.05) is 17.6 Å². The molecule has 0 bridgehead atoms. The number of rotatable bonds is 3. The Balaban J connectivity index is 1.87. The molecule has 4 atom stereocenters. The zero-order valence-electron chi connectivity index (χ0n) is 14.4. The second-order valence-corrected chi connectivity index (χ2v) is 6.87. The van der Waals surface area contributed by atoms with E-state index in [2.05, 4.69) is 16.5 Å². The van der Waals surface area contributed by atoms with Crippen molar-refractivity contribution in [2.75, 3.05) is 12.3 Å². The Morgan fingerprint density at radius 3 is 2.92 bits per heavy atom. The number of nitrogens with two attached hydrogens (primary N) is 1. The van der Waals surface area contributed by atoms with E-state index in [1.165, 1.54) is 0 Å². The van der Waals surface area contributed by atoms with Crippen LogP contribution in [-0.2, 0) is 21.3 Å². The Kier molecular flexibility index (Phi) is 3.42. The van der Waals surface area contributed by atoms with E-state index in [4.69, 9.17) is 19.9 Å². The molecule has 0 aliphatic carbocycles. The average molecular weight is 348 g/mol. The number of imidazole rings is 1. The zero-order valence-corrected chi connectivity index (χ0v) is 14.4. The minimum Gasteiger partial charge on any atom is -0.394 e. The lowest BCUT2D eigenvalue weighted by molar-refractivity contribution is -0.658. The minimum absolute atomic E-state index is 0.201. The first-order valence-corrected chi connectivity index (χ1v) is 8.07. The third kappa shape index (κ3) is 2.13. The van der Waals surface area contributed by atoms with Gasteiger partial charge in [-0.3, -0.25) is 4.57 Å². The van der Waals surface area contributed by atoms with E-state index in [9.17, 15) is 5.11 Å². The van der Waals surface area contributed by atoms with Gasteiger partial charge in [0, 0.05) is 0 Å². The number of aliphatic hydroxyl groups is 1. The van der Waals surface area contributed by atoms with Crippen LogP contribution < -0.4 is 10.3 Å². The molecular formula is C16H22N5O4+. The number of aliphatic hydroxyl groups excluding tert-OH is 1. The minimum atomic E-state index is -0.973. The third-order valence-corrected chi connectivity index (χ3v) is 4.80. The molecule has 2 aliphatic rings. The van der Waals surface area contributed by atoms with Crippen molar-refractivity contribution >= 4 is 17.0 Å². The summed E-state index contributed by atoms with van der Waals surface area (Å²) in [6.45, 7) is 7.38. The van der Waals surface area contributed by atoms with Crippen LogP contribution in [0.25, 0.3) is 11.2 Å². The van der Waals surface area contributed by atoms with Gasteiger partial charge in [-0.15, -0.1) is 0 Å². The predicted molar refractivity (Wildman–Crippen MR) is 87.1 cm³/mol. The highest BCUT2D eigenvalue weighted by atomic mass is 16.8. The fourth-order valence-corrected chi connectivity index (χ4v) is 3.69. The molecule has 0 radical (unpaired) electrons. The summed E-state index contributed by atoms with van der Waals surface area (Å²) in [7, 11) is 1.80. The molecule has 2 saturated heterocycles. The summed E-state index contributed by atoms with van der Waals surface area (Å²) in [5.74, 6) is -0.336. The van der Waals surface area contributed by atoms with Gasteiger partial charge in [-0.25, -0.2) is 9.55 Å². The van der Waals surface area contributed by atoms with Crippen LogP contribution in [0.1, 0.15) is 20.1 Å². The number of nitrogens with zero attached hydrogens (tertiary/aromatic N) is 4. The Labute approximate surface area is 144 Å². The molecule has 2 aromatic heterocycles. The van der Waals surface area contributed by atoms with Crippen molar-refractivity contribution in [1.29, 1.82) is 0 Å². The maximum absolute atomic E-state index is 9.74. The highest BCUT2D eigenvalue weighted by Gasteiger charge is 2.65. The second kappa shape index (κ2) is 5.21. The van der Waals surface area contributed by atoms with Crippen LogP contribution in [0.4, 0.5) is 5.82 Å². The van der Waals surface area contributed by atoms with Crippen molar-refractivity contribution < 1.29 is 23.9 Å². The summed E-state index contributed by atoms with van der Waals surface area (Å²) < 4.78 is 21.7. The van der Waals surface area contributed by atoms with E-state index < -0.39 is 29.8 Å². The summed E-state index contributed by atoms with van der Waals surface area (Å²) >= 11 is 0. The van der Waals surface area contributed by atoms with Gasteiger partial charge in [-0.2, -0.15) is 0 Å². The van der Waals surface area contributed by atoms with E-state index in [1.54, 1.807) is 34.9 Å². The van der Waals surface area contributed by atoms with E-state index in [-0.39, 0.29) is 6.61 Å². The molecule has 4 unspecified atom stereocenters. The summed E-state index contributed by atoms with van der Waals surface area (Å²) in [5, 5.41) is 9.74. The molecule has 0 saturated carbocycles. The number of aryl methyl sites for hydroxylation is 1. The molecule has 4 rings (SSSR count). The fraction of sp³-hybridized carbons (Fsp3) is 0.562. The number of fused-ring (bicyclic) bond motifs is 2. The van der Waals surface area contributed by atoms with Crippen molar-refractivity contribution in [2.24, 2.45) is 7.05 Å². The third-order valence-electron chi connectivity index (χ3n) is 4.80. The van der Waals surface area contributed by atoms with Gasteiger partial charge >= 0.3 is 0 Å². The molecule has 0 aromatic carbocycles. The van der Waals surface area contributed by atoms with Gasteiger partial charge in [0.25, 0.3) is 5.82 Å². The number of anilines is 1. The fourth-order valence-electron chi connectivity index (χ4n) is 3.69. The van der Waals surface area contributed by atoms with Crippen LogP contribution >= 0.6 is 0 Å². The highest BCUT2D eigenvalue weighted by Crippen LogP contribution is 2.52. The van der Waals surface area contributed by atoms with Crippen molar-refractivity contribution in [3.05, 3.63) is 25.3 Å². The van der Waals surface area contributed by atoms with E-state index >= 15 is 0 Å². The monoisotopic (exact) mass is 348 g/mol. The normalized spacial score (nSPS) is 33.7. The van der Waals surface area contributed by atoms with Gasteiger partial charge in [0.2, 0.25) is 12.0 Å². The first-order valence-electron chi connectivity index (χ1n) is 8.07. The zero-order chi connectivity index (χ0) is 18.0. The summed E-state index contributed by atoms with van der Waals surface area (Å²) in [5.41, 5.74) is 6.24. The smallest absolute Gasteiger partial charge is 0.250 e. The molecular weight excluding hydrogens is 326 g/mol. The lowest BCUT2D eigenvalue weighted by Gasteiger charge is -2.30. The van der Waals surface area contributed by atoms with E-state index in [0.29, 0.717) is 17.0 Å². The number of nitrogen functional groups attached to an aromatic ring is 1. The molecule has 25 heavy (non-hydrogen) atoms. The molecule has 4 heterocycles. The molecule has 9 nitrogen and oxygen atoms in total. The maximum atomic E-state index is 9.74. The van der Waals surface area contributed by atoms with Crippen LogP contribution in [-0.4, -0.2) is 49.8 Å². The highest BCUT2D eigenvalue weighted by molar-refractivity contribution is 5.79. The topological polar surface area (TPSA) is 109 Å². The van der Waals surface area contributed by atoms with Crippen molar-refractivity contribution in [3.8, 4) is 0 Å². The number of hydrogen-bond acceptors (Lipinski definition) is 7. The van der Waals surface area contributed by atoms with Crippen molar-refractivity contribution in [1.82, 2.24) is 14.5 Å². The largest absolute Gasteiger partial charge is 0.394 e. The van der Waals surface area contributed by atoms with E-state index in [1.807, 2.05) is 13.8 Å². The SMILES string of the molecule is C=CC12OC(C)(C)OC1C(CO)OC2n1cnc2c(N)[n+](C)cnc21. The van der Waals surface area contributed by atoms with Crippen molar-refractivity contribution in [2.45, 2.75) is 43.7 Å². The molecule has 0 spiro atoms. The average Bonchev–Trinajstić information content (AvgIpc) is 3.19. The first-order chi connectivity index (χ1) is 11.8. The number of aromatic nitrogens is 4. The van der Waals surface area contributed by atoms with Crippen molar-refractivity contribution in [3.63, 3.8) is 0 Å². The number of ether oxygens (including phenoxy) is 3. The summed E-state index contributed by atoms with van der Waals surface area (Å²) in [6, 6.07) is 0. The standard InChI is InChI=1S/C16H21N5O4/c1-5-16-11(24-15(2,3)25-16)9(6-22)23-14(16)21-8-18-10-12(17)20(4)7-19-13(10)21/h5,7-9,11,14,17,22H,1,6H2,2-4H3/p+1. The van der Waals surface area contributed by atoms with Gasteiger partial charge in [-0.05, 0) is 13.8 Å². The molecule has 2 aliphatic heterocycles. The van der Waals surface area contributed by atoms with Gasteiger partial charge in [0.05, 0.1) is 13.7 Å². The van der Waals surface area contributed by atoms with Crippen LogP contribution in [0.2, 0.25) is 0 Å². The lowest BCUT2D eigenvalue weighted by atomic mass is 9.94. The Hall–Kier alpha value is -2.07. The Morgan fingerprint density at radius 1 is 1.48 bits per heavy atom. The van der Waals surface area contributed by atoms with Crippen LogP contribution in [0.5, 0.6) is 0 Å². The maximum Gasteiger partial charge on any atom is 0.250 e. The van der Waals surface area contributed by atoms with Gasteiger partial charge in [0.1, 0.15) is 18.5 Å². The van der Waals surface area contributed by atoms with Gasteiger partial charge < -0.3 is 25.1 Å². The second-order valence-electron chi connectivity index (χ2n) is 6.87. The molecule has 134 valence electrons. The Morgan fingerprint density at radius 2 is 2.24 bits per heavy atom. The van der Waals surface area contributed by atoms with Crippen LogP contribution in [0, 0.1) is 0 Å². The van der Waals surface area contributed by atoms with Gasteiger partial charge in [0.15, 0.2) is 23.1 Å².